The molecule has 130 valence electrons. The van der Waals surface area contributed by atoms with E-state index >= 15 is 0 Å². The van der Waals surface area contributed by atoms with E-state index < -0.39 is 0 Å². The molecule has 1 aliphatic heterocycles. The van der Waals surface area contributed by atoms with Crippen molar-refractivity contribution >= 4 is 5.96 Å². The van der Waals surface area contributed by atoms with Crippen molar-refractivity contribution in [2.24, 2.45) is 16.8 Å². The number of aliphatic imine (C=N–C) groups is 1. The monoisotopic (exact) mass is 320 g/mol. The third kappa shape index (κ3) is 4.45. The molecular weight excluding hydrogens is 288 g/mol. The fourth-order valence-electron chi connectivity index (χ4n) is 3.56. The molecule has 0 radical (unpaired) electrons. The highest BCUT2D eigenvalue weighted by atomic mass is 15.3. The summed E-state index contributed by atoms with van der Waals surface area (Å²) < 4.78 is 2.05. The van der Waals surface area contributed by atoms with Gasteiger partial charge in [0.05, 0.1) is 0 Å². The molecule has 0 amide bonds. The van der Waals surface area contributed by atoms with Gasteiger partial charge in [0.15, 0.2) is 11.8 Å². The van der Waals surface area contributed by atoms with Crippen LogP contribution in [-0.2, 0) is 13.1 Å². The minimum atomic E-state index is 0.586. The molecule has 1 N–H and O–H groups in total. The van der Waals surface area contributed by atoms with Crippen molar-refractivity contribution in [3.8, 4) is 0 Å². The fourth-order valence-corrected chi connectivity index (χ4v) is 3.56. The Balaban J connectivity index is 2.02. The van der Waals surface area contributed by atoms with Gasteiger partial charge in [0, 0.05) is 26.2 Å². The molecule has 0 spiro atoms. The van der Waals surface area contributed by atoms with Crippen molar-refractivity contribution in [2.75, 3.05) is 19.6 Å². The molecule has 1 saturated heterocycles. The second-order valence-electron chi connectivity index (χ2n) is 6.27. The maximum absolute atomic E-state index is 4.80. The first-order valence-corrected chi connectivity index (χ1v) is 9.13. The molecule has 1 atom stereocenters. The zero-order valence-corrected chi connectivity index (χ0v) is 15.1. The lowest BCUT2D eigenvalue weighted by Crippen LogP contribution is -2.40. The van der Waals surface area contributed by atoms with Crippen molar-refractivity contribution in [1.82, 2.24) is 25.0 Å². The van der Waals surface area contributed by atoms with E-state index in [1.807, 2.05) is 4.57 Å². The number of nitrogens with one attached hydrogen (secondary N) is 1. The van der Waals surface area contributed by atoms with Crippen LogP contribution in [0, 0.1) is 11.8 Å². The molecule has 6 heteroatoms. The van der Waals surface area contributed by atoms with E-state index in [-0.39, 0.29) is 0 Å². The van der Waals surface area contributed by atoms with E-state index in [0.29, 0.717) is 6.54 Å². The van der Waals surface area contributed by atoms with Gasteiger partial charge < -0.3 is 14.8 Å². The van der Waals surface area contributed by atoms with Crippen LogP contribution in [0.25, 0.3) is 0 Å². The molecule has 2 rings (SSSR count). The largest absolute Gasteiger partial charge is 0.357 e. The van der Waals surface area contributed by atoms with Crippen LogP contribution in [0.1, 0.15) is 52.8 Å². The first-order chi connectivity index (χ1) is 11.2. The molecule has 2 heterocycles. The minimum absolute atomic E-state index is 0.586. The lowest BCUT2D eigenvalue weighted by molar-refractivity contribution is 0.319. The number of nitrogens with zero attached hydrogens (tertiary/aromatic N) is 5. The average Bonchev–Trinajstić information content (AvgIpc) is 3.22. The number of hydrogen-bond acceptors (Lipinski definition) is 3. The Morgan fingerprint density at radius 2 is 2.13 bits per heavy atom. The Labute approximate surface area is 140 Å². The Hall–Kier alpha value is -1.59. The zero-order valence-electron chi connectivity index (χ0n) is 15.1. The Morgan fingerprint density at radius 1 is 1.35 bits per heavy atom. The lowest BCUT2D eigenvalue weighted by atomic mass is 9.87. The number of rotatable bonds is 7. The van der Waals surface area contributed by atoms with Crippen LogP contribution in [0.4, 0.5) is 0 Å². The molecule has 23 heavy (non-hydrogen) atoms. The van der Waals surface area contributed by atoms with Gasteiger partial charge in [-0.15, -0.1) is 10.2 Å². The van der Waals surface area contributed by atoms with Gasteiger partial charge in [0.25, 0.3) is 0 Å². The number of hydrogen-bond donors (Lipinski definition) is 1. The molecule has 6 nitrogen and oxygen atoms in total. The van der Waals surface area contributed by atoms with E-state index in [0.717, 1.165) is 49.8 Å². The van der Waals surface area contributed by atoms with Crippen LogP contribution in [0.3, 0.4) is 0 Å². The smallest absolute Gasteiger partial charge is 0.194 e. The van der Waals surface area contributed by atoms with Crippen LogP contribution < -0.4 is 5.32 Å². The molecule has 1 fully saturated rings. The maximum Gasteiger partial charge on any atom is 0.194 e. The number of aryl methyl sites for hydroxylation is 1. The van der Waals surface area contributed by atoms with E-state index in [2.05, 4.69) is 48.1 Å². The summed E-state index contributed by atoms with van der Waals surface area (Å²) in [5.41, 5.74) is 0. The Bertz CT molecular complexity index is 491. The van der Waals surface area contributed by atoms with Gasteiger partial charge in [-0.3, -0.25) is 0 Å². The molecule has 0 saturated carbocycles. The summed E-state index contributed by atoms with van der Waals surface area (Å²) in [5.74, 6) is 3.59. The van der Waals surface area contributed by atoms with Crippen LogP contribution in [0.2, 0.25) is 0 Å². The van der Waals surface area contributed by atoms with Crippen molar-refractivity contribution in [1.29, 1.82) is 0 Å². The molecule has 0 bridgehead atoms. The predicted octanol–water partition coefficient (Wildman–Crippen LogP) is 2.52. The summed E-state index contributed by atoms with van der Waals surface area (Å²) in [6, 6.07) is 0. The third-order valence-electron chi connectivity index (χ3n) is 4.98. The fraction of sp³-hybridized carbons (Fsp3) is 0.824. The van der Waals surface area contributed by atoms with Gasteiger partial charge in [0.1, 0.15) is 12.9 Å². The summed E-state index contributed by atoms with van der Waals surface area (Å²) in [6.45, 7) is 13.4. The predicted molar refractivity (Wildman–Crippen MR) is 94.3 cm³/mol. The van der Waals surface area contributed by atoms with Crippen LogP contribution in [-0.4, -0.2) is 45.3 Å². The Kier molecular flexibility index (Phi) is 6.86. The van der Waals surface area contributed by atoms with Crippen molar-refractivity contribution in [2.45, 2.75) is 60.0 Å². The summed E-state index contributed by atoms with van der Waals surface area (Å²) >= 11 is 0. The van der Waals surface area contributed by atoms with Gasteiger partial charge in [-0.25, -0.2) is 4.99 Å². The van der Waals surface area contributed by atoms with Gasteiger partial charge in [-0.05, 0) is 32.1 Å². The molecule has 1 unspecified atom stereocenters. The van der Waals surface area contributed by atoms with E-state index in [9.17, 15) is 0 Å². The van der Waals surface area contributed by atoms with Crippen LogP contribution >= 0.6 is 0 Å². The zero-order chi connectivity index (χ0) is 16.7. The third-order valence-corrected chi connectivity index (χ3v) is 4.98. The number of likely N-dealkylation sites (tertiary alicyclic amines) is 1. The van der Waals surface area contributed by atoms with Gasteiger partial charge >= 0.3 is 0 Å². The second-order valence-corrected chi connectivity index (χ2v) is 6.27. The quantitative estimate of drug-likeness (QED) is 0.619. The van der Waals surface area contributed by atoms with Crippen molar-refractivity contribution in [3.05, 3.63) is 12.2 Å². The summed E-state index contributed by atoms with van der Waals surface area (Å²) in [4.78, 5) is 7.22. The average molecular weight is 320 g/mol. The highest BCUT2D eigenvalue weighted by Gasteiger charge is 2.29. The molecular formula is C17H32N6. The molecule has 0 aromatic carbocycles. The normalized spacial score (nSPS) is 18.9. The second kappa shape index (κ2) is 8.89. The van der Waals surface area contributed by atoms with Gasteiger partial charge in [0.2, 0.25) is 0 Å². The standard InChI is InChI=1S/C17H32N6/c1-5-14(6-2)15-9-10-23(12-15)17(18-7-3)19-11-16-21-20-13-22(16)8-4/h13-15H,5-12H2,1-4H3,(H,18,19). The first kappa shape index (κ1) is 17.8. The van der Waals surface area contributed by atoms with Gasteiger partial charge in [-0.1, -0.05) is 26.7 Å². The highest BCUT2D eigenvalue weighted by molar-refractivity contribution is 5.80. The molecule has 1 aromatic heterocycles. The first-order valence-electron chi connectivity index (χ1n) is 9.13. The maximum atomic E-state index is 4.80. The molecule has 1 aromatic rings. The van der Waals surface area contributed by atoms with Gasteiger partial charge in [-0.2, -0.15) is 0 Å². The van der Waals surface area contributed by atoms with Crippen LogP contribution in [0.5, 0.6) is 0 Å². The summed E-state index contributed by atoms with van der Waals surface area (Å²) in [5, 5.41) is 11.6. The van der Waals surface area contributed by atoms with Crippen molar-refractivity contribution in [3.63, 3.8) is 0 Å². The lowest BCUT2D eigenvalue weighted by Gasteiger charge is -2.24. The molecule has 1 aliphatic rings. The summed E-state index contributed by atoms with van der Waals surface area (Å²) in [6.07, 6.45) is 5.61. The number of aromatic nitrogens is 3. The van der Waals surface area contributed by atoms with E-state index in [4.69, 9.17) is 4.99 Å². The highest BCUT2D eigenvalue weighted by Crippen LogP contribution is 2.28. The summed E-state index contributed by atoms with van der Waals surface area (Å²) in [7, 11) is 0. The topological polar surface area (TPSA) is 58.3 Å². The number of guanidine groups is 1. The minimum Gasteiger partial charge on any atom is -0.357 e. The van der Waals surface area contributed by atoms with E-state index in [1.54, 1.807) is 6.33 Å². The van der Waals surface area contributed by atoms with E-state index in [1.165, 1.54) is 19.3 Å². The SMILES string of the molecule is CCNC(=NCc1nncn1CC)N1CCC(C(CC)CC)C1. The van der Waals surface area contributed by atoms with Crippen LogP contribution in [0.15, 0.2) is 11.3 Å². The molecule has 0 aliphatic carbocycles. The Morgan fingerprint density at radius 3 is 2.78 bits per heavy atom. The van der Waals surface area contributed by atoms with Crippen molar-refractivity contribution < 1.29 is 0 Å².